The van der Waals surface area contributed by atoms with Crippen LogP contribution in [-0.2, 0) is 71.0 Å². The predicted octanol–water partition coefficient (Wildman–Crippen LogP) is -3.99. The number of phosphoric acid groups is 4. The Morgan fingerprint density at radius 1 is 0.720 bits per heavy atom. The van der Waals surface area contributed by atoms with Crippen molar-refractivity contribution in [3.8, 4) is 0 Å². The van der Waals surface area contributed by atoms with Gasteiger partial charge in [0.15, 0.2) is 23.9 Å². The first kappa shape index (κ1) is 56.4. The number of aliphatic hydroxyl groups is 4. The molecule has 8 rings (SSSR count). The highest BCUT2D eigenvalue weighted by molar-refractivity contribution is 7.66. The van der Waals surface area contributed by atoms with E-state index in [9.17, 15) is 85.8 Å². The first-order valence-electron chi connectivity index (χ1n) is 20.6. The molecular formula is C31H40F3N12O25P4+. The second kappa shape index (κ2) is 20.8. The van der Waals surface area contributed by atoms with Crippen LogP contribution in [0.5, 0.6) is 0 Å². The maximum atomic E-state index is 14.1. The summed E-state index contributed by atoms with van der Waals surface area (Å²) in [6.45, 7) is -4.13. The summed E-state index contributed by atoms with van der Waals surface area (Å²) >= 11 is 0. The molecule has 16 atom stereocenters. The smallest absolute Gasteiger partial charge is 0.387 e. The molecule has 5 aromatic heterocycles. The van der Waals surface area contributed by atoms with Gasteiger partial charge in [-0.3, -0.25) is 51.5 Å². The molecule has 14 N–H and O–H groups in total. The van der Waals surface area contributed by atoms with E-state index in [0.29, 0.717) is 9.13 Å². The number of aromatic amines is 2. The van der Waals surface area contributed by atoms with Crippen molar-refractivity contribution in [2.75, 3.05) is 31.3 Å². The maximum Gasteiger partial charge on any atom is 0.523 e. The van der Waals surface area contributed by atoms with E-state index in [1.54, 1.807) is 0 Å². The number of phosphoric ester groups is 3. The average molecular weight is 1160 g/mol. The van der Waals surface area contributed by atoms with Crippen LogP contribution in [-0.4, -0.2) is 165 Å². The minimum atomic E-state index is -6.37. The number of H-pyrrole nitrogens is 2. The highest BCUT2D eigenvalue weighted by Gasteiger charge is 2.56. The minimum Gasteiger partial charge on any atom is -0.387 e. The van der Waals surface area contributed by atoms with E-state index in [4.69, 9.17) is 34.7 Å². The zero-order valence-corrected chi connectivity index (χ0v) is 40.7. The Kier molecular flexibility index (Phi) is 15.7. The number of hydrogen-bond acceptors (Lipinski definition) is 27. The maximum absolute atomic E-state index is 14.1. The van der Waals surface area contributed by atoms with Crippen LogP contribution in [0.15, 0.2) is 45.6 Å². The number of halogens is 3. The van der Waals surface area contributed by atoms with E-state index in [2.05, 4.69) is 47.3 Å². The SMILES string of the molecule is C[n+]1cn([C@@H]2O[C@H](COP(=O)(O)OP(=O)(O)OP(=O)(O)OC[C@H]3O[C@@H](n4cnc5c(N)ncnc54)C(OC(F)(F)F)C3OP(=O)(O)OC[C@H]3O[C@@H](n4ccc(=O)[nH]c4=O)C(O)C3O)C(O)C2O)c2nc(N)[nH]c(=O)c21. The lowest BCUT2D eigenvalue weighted by Gasteiger charge is -2.27. The molecule has 8 heterocycles. The molecule has 0 aromatic carbocycles. The van der Waals surface area contributed by atoms with Gasteiger partial charge in [-0.05, 0) is 0 Å². The van der Waals surface area contributed by atoms with Gasteiger partial charge in [0, 0.05) is 12.3 Å². The van der Waals surface area contributed by atoms with Gasteiger partial charge in [0.05, 0.1) is 33.2 Å². The molecule has 0 aliphatic carbocycles. The molecule has 37 nitrogen and oxygen atoms in total. The third-order valence-corrected chi connectivity index (χ3v) is 16.2. The van der Waals surface area contributed by atoms with Gasteiger partial charge < -0.3 is 65.7 Å². The molecule has 44 heteroatoms. The summed E-state index contributed by atoms with van der Waals surface area (Å²) in [6.07, 6.45) is -26.6. The molecule has 3 aliphatic heterocycles. The van der Waals surface area contributed by atoms with Gasteiger partial charge in [0.1, 0.15) is 66.8 Å². The molecule has 3 saturated heterocycles. The number of nitrogens with zero attached hydrogens (tertiary/aromatic N) is 8. The van der Waals surface area contributed by atoms with E-state index in [0.717, 1.165) is 29.5 Å². The summed E-state index contributed by atoms with van der Waals surface area (Å²) in [5.74, 6) is -0.667. The normalized spacial score (nSPS) is 30.6. The summed E-state index contributed by atoms with van der Waals surface area (Å²) in [5.41, 5.74) is 7.91. The minimum absolute atomic E-state index is 0.0668. The molecule has 75 heavy (non-hydrogen) atoms. The molecular weight excluding hydrogens is 1120 g/mol. The van der Waals surface area contributed by atoms with Crippen molar-refractivity contribution in [2.24, 2.45) is 7.05 Å². The predicted molar refractivity (Wildman–Crippen MR) is 228 cm³/mol. The van der Waals surface area contributed by atoms with Crippen molar-refractivity contribution in [2.45, 2.75) is 80.0 Å². The van der Waals surface area contributed by atoms with Crippen LogP contribution in [0.25, 0.3) is 22.3 Å². The van der Waals surface area contributed by atoms with Crippen LogP contribution < -0.4 is 32.8 Å². The number of nitrogen functional groups attached to an aromatic ring is 2. The Hall–Kier alpha value is -4.83. The number of anilines is 2. The molecule has 10 unspecified atom stereocenters. The summed E-state index contributed by atoms with van der Waals surface area (Å²) in [7, 11) is -23.0. The van der Waals surface area contributed by atoms with Crippen molar-refractivity contribution < 1.29 is 122 Å². The van der Waals surface area contributed by atoms with E-state index < -0.39 is 148 Å². The van der Waals surface area contributed by atoms with Crippen molar-refractivity contribution in [1.29, 1.82) is 0 Å². The second-order valence-corrected chi connectivity index (χ2v) is 22.1. The van der Waals surface area contributed by atoms with Crippen LogP contribution in [0.1, 0.15) is 18.7 Å². The number of rotatable bonds is 19. The average Bonchev–Trinajstić information content (AvgIpc) is 4.08. The molecule has 0 radical (unpaired) electrons. The molecule has 0 spiro atoms. The van der Waals surface area contributed by atoms with Crippen molar-refractivity contribution in [3.05, 3.63) is 62.4 Å². The summed E-state index contributed by atoms with van der Waals surface area (Å²) < 4.78 is 146. The Morgan fingerprint density at radius 3 is 1.87 bits per heavy atom. The summed E-state index contributed by atoms with van der Waals surface area (Å²) in [6, 6.07) is 0.844. The van der Waals surface area contributed by atoms with E-state index in [1.807, 2.05) is 4.98 Å². The lowest BCUT2D eigenvalue weighted by molar-refractivity contribution is -0.646. The van der Waals surface area contributed by atoms with Gasteiger partial charge in [0.2, 0.25) is 18.5 Å². The number of aryl methyl sites for hydroxylation is 1. The Labute approximate surface area is 410 Å². The zero-order valence-electron chi connectivity index (χ0n) is 37.1. The van der Waals surface area contributed by atoms with Crippen LogP contribution in [0.3, 0.4) is 0 Å². The lowest BCUT2D eigenvalue weighted by Crippen LogP contribution is -2.41. The van der Waals surface area contributed by atoms with Gasteiger partial charge in [-0.25, -0.2) is 42.6 Å². The van der Waals surface area contributed by atoms with Crippen molar-refractivity contribution in [1.82, 2.24) is 43.6 Å². The Balaban J connectivity index is 0.962. The van der Waals surface area contributed by atoms with Crippen LogP contribution >= 0.6 is 31.3 Å². The lowest BCUT2D eigenvalue weighted by atomic mass is 10.1. The molecule has 0 amide bonds. The summed E-state index contributed by atoms with van der Waals surface area (Å²) in [4.78, 5) is 97.7. The first-order valence-corrected chi connectivity index (χ1v) is 26.6. The Morgan fingerprint density at radius 2 is 1.28 bits per heavy atom. The fourth-order valence-corrected chi connectivity index (χ4v) is 12.3. The van der Waals surface area contributed by atoms with Crippen LogP contribution in [0.2, 0.25) is 0 Å². The molecule has 0 saturated carbocycles. The number of imidazole rings is 2. The highest BCUT2D eigenvalue weighted by Crippen LogP contribution is 2.68. The number of ether oxygens (including phenoxy) is 4. The number of alkyl halides is 3. The number of aromatic nitrogens is 10. The fraction of sp³-hybridized carbons (Fsp3) is 0.548. The molecule has 3 aliphatic rings. The number of nitrogens with two attached hydrogens (primary N) is 2. The van der Waals surface area contributed by atoms with E-state index in [-0.39, 0.29) is 34.1 Å². The first-order chi connectivity index (χ1) is 34.8. The van der Waals surface area contributed by atoms with Crippen LogP contribution in [0.4, 0.5) is 24.9 Å². The monoisotopic (exact) mass is 1160 g/mol. The Bertz CT molecular complexity index is 3340. The summed E-state index contributed by atoms with van der Waals surface area (Å²) in [5, 5.41) is 42.5. The largest absolute Gasteiger partial charge is 0.523 e. The molecule has 5 aromatic rings. The van der Waals surface area contributed by atoms with Crippen molar-refractivity contribution in [3.63, 3.8) is 0 Å². The van der Waals surface area contributed by atoms with Gasteiger partial charge in [-0.2, -0.15) is 18.2 Å². The quantitative estimate of drug-likeness (QED) is 0.0277. The van der Waals surface area contributed by atoms with Gasteiger partial charge in [-0.1, -0.05) is 0 Å². The standard InChI is InChI=1S/C31H39F3N12O25P4/c1-43-9-46(24-15(43)25(52)42-29(36)41-24)27-19(51)17(49)11(66-27)5-63-73(56,57)70-75(60,61)71-74(58,59)64-6-12-20(21(68-31(32,33)34)28(67-12)45-8-39-14-22(35)37-7-38-23(14)45)69-72(54,55)62-4-10-16(48)18(50)26(65-10)44-3-2-13(47)40-30(44)53/h2-3,7-12,16-21,26-28,48-51H,4-6H2,1H3,(H9-,35,36,37,38,40,41,42,47,52,53,54,55,56,57,58,59,60,61)/p+1/t10-,11-,12-,16?,17?,18?,19?,20?,21?,26-,27-,28-/m1/s1. The van der Waals surface area contributed by atoms with E-state index >= 15 is 0 Å². The van der Waals surface area contributed by atoms with Crippen molar-refractivity contribution >= 4 is 65.4 Å². The number of nitrogens with one attached hydrogen (secondary N) is 2. The number of aliphatic hydroxyl groups excluding tert-OH is 4. The third-order valence-electron chi connectivity index (χ3n) is 11.0. The molecule has 3 fully saturated rings. The van der Waals surface area contributed by atoms with Gasteiger partial charge in [-0.15, -0.1) is 13.2 Å². The fourth-order valence-electron chi connectivity index (χ4n) is 7.82. The van der Waals surface area contributed by atoms with Gasteiger partial charge >= 0.3 is 48.9 Å². The molecule has 414 valence electrons. The third kappa shape index (κ3) is 12.3. The van der Waals surface area contributed by atoms with E-state index in [1.165, 1.54) is 17.9 Å². The number of hydrogen-bond donors (Lipinski definition) is 12. The number of fused-ring (bicyclic) bond motifs is 2. The zero-order chi connectivity index (χ0) is 54.9. The van der Waals surface area contributed by atoms with Gasteiger partial charge in [0.25, 0.3) is 16.7 Å². The highest BCUT2D eigenvalue weighted by atomic mass is 31.3. The van der Waals surface area contributed by atoms with Crippen LogP contribution in [0, 0.1) is 0 Å². The topological polar surface area (TPSA) is 527 Å². The second-order valence-electron chi connectivity index (χ2n) is 16.0. The molecule has 0 bridgehead atoms.